The van der Waals surface area contributed by atoms with Crippen molar-refractivity contribution in [3.05, 3.63) is 65.7 Å². The average Bonchev–Trinajstić information content (AvgIpc) is 3.11. The quantitative estimate of drug-likeness (QED) is 0.568. The van der Waals surface area contributed by atoms with Crippen LogP contribution >= 0.6 is 24.0 Å². The predicted octanol–water partition coefficient (Wildman–Crippen LogP) is 2.56. The molecule has 0 amide bonds. The third-order valence-corrected chi connectivity index (χ3v) is 5.69. The molecule has 2 aromatic carbocycles. The van der Waals surface area contributed by atoms with Crippen molar-refractivity contribution in [2.45, 2.75) is 23.9 Å². The Bertz CT molecular complexity index is 855. The smallest absolute Gasteiger partial charge is 0.240 e. The highest BCUT2D eigenvalue weighted by Crippen LogP contribution is 2.19. The molecule has 1 aliphatic heterocycles. The van der Waals surface area contributed by atoms with Crippen molar-refractivity contribution < 1.29 is 8.42 Å². The number of nitrogens with one attached hydrogen (secondary N) is 3. The zero-order valence-electron chi connectivity index (χ0n) is 14.6. The fourth-order valence-electron chi connectivity index (χ4n) is 2.74. The minimum Gasteiger partial charge on any atom is -0.350 e. The van der Waals surface area contributed by atoms with E-state index in [0.29, 0.717) is 6.54 Å². The fraction of sp³-hybridized carbons (Fsp3) is 0.278. The highest BCUT2D eigenvalue weighted by atomic mass is 127. The van der Waals surface area contributed by atoms with Crippen LogP contribution in [0.4, 0.5) is 0 Å². The van der Waals surface area contributed by atoms with Crippen LogP contribution in [0.5, 0.6) is 0 Å². The van der Waals surface area contributed by atoms with Gasteiger partial charge in [-0.3, -0.25) is 4.99 Å². The number of aliphatic imine (C=N–C) groups is 1. The van der Waals surface area contributed by atoms with Crippen LogP contribution in [-0.2, 0) is 10.0 Å². The molecule has 1 heterocycles. The van der Waals surface area contributed by atoms with Crippen LogP contribution < -0.4 is 15.4 Å². The molecule has 0 spiro atoms. The maximum absolute atomic E-state index is 11.8. The van der Waals surface area contributed by atoms with E-state index in [2.05, 4.69) is 32.5 Å². The van der Waals surface area contributed by atoms with Gasteiger partial charge in [-0.2, -0.15) is 0 Å². The number of hydrogen-bond acceptors (Lipinski definition) is 5. The molecule has 0 aromatic heterocycles. The van der Waals surface area contributed by atoms with Gasteiger partial charge in [0.05, 0.1) is 23.5 Å². The van der Waals surface area contributed by atoms with E-state index in [-0.39, 0.29) is 41.0 Å². The molecule has 8 heteroatoms. The van der Waals surface area contributed by atoms with Crippen molar-refractivity contribution in [2.24, 2.45) is 4.99 Å². The van der Waals surface area contributed by atoms with Gasteiger partial charge in [-0.15, -0.1) is 24.0 Å². The van der Waals surface area contributed by atoms with Gasteiger partial charge in [0.15, 0.2) is 5.96 Å². The Morgan fingerprint density at radius 1 is 1.12 bits per heavy atom. The number of guanidine groups is 1. The number of rotatable bonds is 5. The van der Waals surface area contributed by atoms with Crippen molar-refractivity contribution >= 4 is 40.0 Å². The van der Waals surface area contributed by atoms with Gasteiger partial charge < -0.3 is 10.6 Å². The summed E-state index contributed by atoms with van der Waals surface area (Å²) in [6.45, 7) is 2.71. The van der Waals surface area contributed by atoms with Crippen LogP contribution in [0.1, 0.15) is 30.1 Å². The van der Waals surface area contributed by atoms with E-state index in [0.717, 1.165) is 11.5 Å². The summed E-state index contributed by atoms with van der Waals surface area (Å²) in [4.78, 5) is 4.77. The van der Waals surface area contributed by atoms with Gasteiger partial charge in [0, 0.05) is 0 Å². The molecular formula is C18H23IN4O2S. The molecule has 140 valence electrons. The molecule has 2 unspecified atom stereocenters. The van der Waals surface area contributed by atoms with Gasteiger partial charge in [-0.05, 0) is 37.2 Å². The van der Waals surface area contributed by atoms with E-state index < -0.39 is 10.0 Å². The maximum Gasteiger partial charge on any atom is 0.240 e. The number of sulfonamides is 1. The molecule has 0 aliphatic carbocycles. The molecule has 2 atom stereocenters. The standard InChI is InChI=1S/C18H22N4O2S.HI/c1-13(14-8-10-16(11-9-14)25(23,24)19-2)21-18-20-12-17(22-18)15-6-4-3-5-7-15;/h3-11,13,17,19H,12H2,1-2H3,(H2,20,21,22);1H. The van der Waals surface area contributed by atoms with Crippen LogP contribution in [0.25, 0.3) is 0 Å². The third kappa shape index (κ3) is 4.74. The van der Waals surface area contributed by atoms with Crippen LogP contribution in [0.3, 0.4) is 0 Å². The average molecular weight is 486 g/mol. The van der Waals surface area contributed by atoms with E-state index >= 15 is 0 Å². The van der Waals surface area contributed by atoms with E-state index in [9.17, 15) is 8.42 Å². The summed E-state index contributed by atoms with van der Waals surface area (Å²) < 4.78 is 25.9. The molecule has 1 aliphatic rings. The van der Waals surface area contributed by atoms with Crippen molar-refractivity contribution in [2.75, 3.05) is 13.6 Å². The molecule has 6 nitrogen and oxygen atoms in total. The lowest BCUT2D eigenvalue weighted by Crippen LogP contribution is -2.36. The second kappa shape index (κ2) is 8.83. The van der Waals surface area contributed by atoms with Crippen molar-refractivity contribution in [3.63, 3.8) is 0 Å². The van der Waals surface area contributed by atoms with E-state index in [1.54, 1.807) is 12.1 Å². The summed E-state index contributed by atoms with van der Waals surface area (Å²) >= 11 is 0. The van der Waals surface area contributed by atoms with Gasteiger partial charge in [-0.1, -0.05) is 42.5 Å². The normalized spacial score (nSPS) is 17.6. The lowest BCUT2D eigenvalue weighted by Gasteiger charge is -2.18. The largest absolute Gasteiger partial charge is 0.350 e. The summed E-state index contributed by atoms with van der Waals surface area (Å²) in [5, 5.41) is 6.73. The minimum absolute atomic E-state index is 0. The number of nitrogens with zero attached hydrogens (tertiary/aromatic N) is 1. The second-order valence-corrected chi connectivity index (χ2v) is 7.83. The van der Waals surface area contributed by atoms with Crippen molar-refractivity contribution in [3.8, 4) is 0 Å². The maximum atomic E-state index is 11.8. The first-order valence-electron chi connectivity index (χ1n) is 8.15. The van der Waals surface area contributed by atoms with Gasteiger partial charge in [-0.25, -0.2) is 13.1 Å². The molecule has 0 bridgehead atoms. The highest BCUT2D eigenvalue weighted by Gasteiger charge is 2.20. The topological polar surface area (TPSA) is 82.6 Å². The summed E-state index contributed by atoms with van der Waals surface area (Å²) in [7, 11) is -2.00. The van der Waals surface area contributed by atoms with Crippen LogP contribution in [0.15, 0.2) is 64.5 Å². The first kappa shape index (κ1) is 20.7. The molecule has 0 radical (unpaired) electrons. The van der Waals surface area contributed by atoms with Gasteiger partial charge in [0.2, 0.25) is 10.0 Å². The molecular weight excluding hydrogens is 463 g/mol. The number of benzene rings is 2. The molecule has 0 fully saturated rings. The Kier molecular flexibility index (Phi) is 7.01. The first-order valence-corrected chi connectivity index (χ1v) is 9.64. The van der Waals surface area contributed by atoms with Gasteiger partial charge >= 0.3 is 0 Å². The zero-order chi connectivity index (χ0) is 17.9. The molecule has 2 aromatic rings. The lowest BCUT2D eigenvalue weighted by atomic mass is 10.1. The number of hydrogen-bond donors (Lipinski definition) is 3. The summed E-state index contributed by atoms with van der Waals surface area (Å²) in [6, 6.07) is 17.2. The molecule has 0 saturated carbocycles. The van der Waals surface area contributed by atoms with Crippen LogP contribution in [0.2, 0.25) is 0 Å². The third-order valence-electron chi connectivity index (χ3n) is 4.26. The summed E-state index contributed by atoms with van der Waals surface area (Å²) in [5.74, 6) is 0.758. The first-order chi connectivity index (χ1) is 12.0. The SMILES string of the molecule is CNS(=O)(=O)c1ccc(C(C)NC2=NCC(c3ccccc3)N2)cc1.I. The Morgan fingerprint density at radius 2 is 1.77 bits per heavy atom. The van der Waals surface area contributed by atoms with Crippen LogP contribution in [-0.4, -0.2) is 28.0 Å². The van der Waals surface area contributed by atoms with E-state index in [4.69, 9.17) is 0 Å². The fourth-order valence-corrected chi connectivity index (χ4v) is 3.47. The Labute approximate surface area is 171 Å². The zero-order valence-corrected chi connectivity index (χ0v) is 17.8. The Morgan fingerprint density at radius 3 is 2.38 bits per heavy atom. The van der Waals surface area contributed by atoms with Crippen LogP contribution in [0, 0.1) is 0 Å². The molecule has 26 heavy (non-hydrogen) atoms. The van der Waals surface area contributed by atoms with Gasteiger partial charge in [0.1, 0.15) is 0 Å². The summed E-state index contributed by atoms with van der Waals surface area (Å²) in [5.41, 5.74) is 2.19. The molecule has 3 N–H and O–H groups in total. The monoisotopic (exact) mass is 486 g/mol. The van der Waals surface area contributed by atoms with E-state index in [1.165, 1.54) is 12.6 Å². The highest BCUT2D eigenvalue weighted by molar-refractivity contribution is 14.0. The Hall–Kier alpha value is -1.65. The van der Waals surface area contributed by atoms with Crippen molar-refractivity contribution in [1.82, 2.24) is 15.4 Å². The number of halogens is 1. The Balaban J connectivity index is 0.00000243. The predicted molar refractivity (Wildman–Crippen MR) is 114 cm³/mol. The minimum atomic E-state index is -3.41. The molecule has 3 rings (SSSR count). The second-order valence-electron chi connectivity index (χ2n) is 5.94. The molecule has 0 saturated heterocycles. The summed E-state index contributed by atoms with van der Waals surface area (Å²) in [6.07, 6.45) is 0. The van der Waals surface area contributed by atoms with E-state index in [1.807, 2.05) is 37.3 Å². The van der Waals surface area contributed by atoms with Gasteiger partial charge in [0.25, 0.3) is 0 Å². The lowest BCUT2D eigenvalue weighted by molar-refractivity contribution is 0.588. The van der Waals surface area contributed by atoms with Crippen molar-refractivity contribution in [1.29, 1.82) is 0 Å².